The molecule has 0 spiro atoms. The third kappa shape index (κ3) is 3.98. The Morgan fingerprint density at radius 2 is 2.17 bits per heavy atom. The number of aromatic nitrogens is 4. The van der Waals surface area contributed by atoms with Crippen molar-refractivity contribution >= 4 is 11.9 Å². The summed E-state index contributed by atoms with van der Waals surface area (Å²) in [5.41, 5.74) is 1.36. The number of ether oxygens (including phenoxy) is 1. The lowest BCUT2D eigenvalue weighted by molar-refractivity contribution is -0.136. The molecule has 23 heavy (non-hydrogen) atoms. The van der Waals surface area contributed by atoms with Crippen molar-refractivity contribution in [2.24, 2.45) is 0 Å². The first kappa shape index (κ1) is 15.3. The second kappa shape index (κ2) is 7.10. The molecule has 0 unspecified atom stereocenters. The molecule has 1 saturated heterocycles. The van der Waals surface area contributed by atoms with E-state index in [-0.39, 0.29) is 12.5 Å². The summed E-state index contributed by atoms with van der Waals surface area (Å²) in [7, 11) is 0. The summed E-state index contributed by atoms with van der Waals surface area (Å²) >= 11 is 0. The molecule has 0 radical (unpaired) electrons. The Hall–Kier alpha value is -2.61. The van der Waals surface area contributed by atoms with Crippen molar-refractivity contribution in [3.8, 4) is 0 Å². The number of carbonyl (C=O) groups is 1. The normalized spacial score (nSPS) is 17.9. The minimum atomic E-state index is -0.849. The molecule has 1 fully saturated rings. The van der Waals surface area contributed by atoms with E-state index >= 15 is 0 Å². The number of carboxylic acids is 1. The molecule has 0 amide bonds. The Kier molecular flexibility index (Phi) is 4.72. The van der Waals surface area contributed by atoms with Crippen molar-refractivity contribution in [2.45, 2.75) is 18.9 Å². The molecule has 3 heterocycles. The monoisotopic (exact) mass is 315 g/mol. The number of hydrogen-bond acceptors (Lipinski definition) is 7. The molecule has 3 rings (SSSR count). The number of aliphatic carboxylic acids is 1. The summed E-state index contributed by atoms with van der Waals surface area (Å²) in [6.45, 7) is 1.84. The molecule has 0 saturated carbocycles. The summed E-state index contributed by atoms with van der Waals surface area (Å²) in [5, 5.41) is 8.76. The van der Waals surface area contributed by atoms with E-state index in [1.807, 2.05) is 4.90 Å². The summed E-state index contributed by atoms with van der Waals surface area (Å²) < 4.78 is 5.78. The number of hydrogen-bond donors (Lipinski definition) is 1. The highest BCUT2D eigenvalue weighted by atomic mass is 16.5. The fourth-order valence-corrected chi connectivity index (χ4v) is 2.40. The van der Waals surface area contributed by atoms with E-state index in [4.69, 9.17) is 9.84 Å². The fourth-order valence-electron chi connectivity index (χ4n) is 2.40. The molecule has 1 N–H and O–H groups in total. The zero-order valence-corrected chi connectivity index (χ0v) is 12.5. The van der Waals surface area contributed by atoms with Crippen LogP contribution in [0.25, 0.3) is 0 Å². The van der Waals surface area contributed by atoms with Crippen molar-refractivity contribution in [2.75, 3.05) is 24.6 Å². The van der Waals surface area contributed by atoms with Crippen LogP contribution in [0, 0.1) is 0 Å². The summed E-state index contributed by atoms with van der Waals surface area (Å²) in [4.78, 5) is 29.8. The SMILES string of the molecule is O=C(O)CCc1cncc([C@@H]2CN(c3ncccn3)CCO2)n1. The Balaban J connectivity index is 1.71. The number of morpholine rings is 1. The molecule has 8 heteroatoms. The average Bonchev–Trinajstić information content (AvgIpc) is 2.61. The van der Waals surface area contributed by atoms with Crippen LogP contribution in [0.2, 0.25) is 0 Å². The van der Waals surface area contributed by atoms with Gasteiger partial charge in [-0.15, -0.1) is 0 Å². The summed E-state index contributed by atoms with van der Waals surface area (Å²) in [6, 6.07) is 1.78. The molecule has 2 aromatic rings. The molecule has 1 aliphatic heterocycles. The van der Waals surface area contributed by atoms with Crippen LogP contribution in [-0.2, 0) is 16.0 Å². The lowest BCUT2D eigenvalue weighted by Crippen LogP contribution is -2.39. The van der Waals surface area contributed by atoms with Gasteiger partial charge in [0.15, 0.2) is 0 Å². The molecule has 1 atom stereocenters. The smallest absolute Gasteiger partial charge is 0.303 e. The van der Waals surface area contributed by atoms with Crippen LogP contribution in [0.15, 0.2) is 30.9 Å². The molecular weight excluding hydrogens is 298 g/mol. The largest absolute Gasteiger partial charge is 0.481 e. The minimum Gasteiger partial charge on any atom is -0.481 e. The van der Waals surface area contributed by atoms with Gasteiger partial charge in [0.25, 0.3) is 0 Å². The van der Waals surface area contributed by atoms with E-state index in [1.165, 1.54) is 0 Å². The molecule has 2 aromatic heterocycles. The van der Waals surface area contributed by atoms with E-state index in [0.717, 1.165) is 0 Å². The van der Waals surface area contributed by atoms with Crippen molar-refractivity contribution in [3.05, 3.63) is 42.2 Å². The van der Waals surface area contributed by atoms with Gasteiger partial charge in [-0.3, -0.25) is 14.8 Å². The number of anilines is 1. The number of nitrogens with zero attached hydrogens (tertiary/aromatic N) is 5. The lowest BCUT2D eigenvalue weighted by atomic mass is 10.2. The summed E-state index contributed by atoms with van der Waals surface area (Å²) in [6.07, 6.45) is 6.82. The van der Waals surface area contributed by atoms with Crippen LogP contribution in [0.1, 0.15) is 23.9 Å². The second-order valence-electron chi connectivity index (χ2n) is 5.18. The van der Waals surface area contributed by atoms with Crippen molar-refractivity contribution in [1.29, 1.82) is 0 Å². The highest BCUT2D eigenvalue weighted by Gasteiger charge is 2.25. The van der Waals surface area contributed by atoms with Gasteiger partial charge in [-0.05, 0) is 6.07 Å². The van der Waals surface area contributed by atoms with E-state index in [1.54, 1.807) is 30.9 Å². The fraction of sp³-hybridized carbons (Fsp3) is 0.400. The first-order valence-corrected chi connectivity index (χ1v) is 7.38. The molecule has 0 bridgehead atoms. The van der Waals surface area contributed by atoms with Crippen molar-refractivity contribution in [1.82, 2.24) is 19.9 Å². The maximum atomic E-state index is 10.7. The van der Waals surface area contributed by atoms with Crippen molar-refractivity contribution in [3.63, 3.8) is 0 Å². The predicted molar refractivity (Wildman–Crippen MR) is 80.9 cm³/mol. The third-order valence-electron chi connectivity index (χ3n) is 3.53. The van der Waals surface area contributed by atoms with Gasteiger partial charge in [0.2, 0.25) is 5.95 Å². The minimum absolute atomic E-state index is 0.0354. The molecule has 1 aliphatic rings. The average molecular weight is 315 g/mol. The van der Waals surface area contributed by atoms with E-state index < -0.39 is 5.97 Å². The van der Waals surface area contributed by atoms with E-state index in [9.17, 15) is 4.79 Å². The van der Waals surface area contributed by atoms with Crippen LogP contribution in [0.3, 0.4) is 0 Å². The highest BCUT2D eigenvalue weighted by Crippen LogP contribution is 2.22. The maximum Gasteiger partial charge on any atom is 0.303 e. The Morgan fingerprint density at radius 1 is 1.35 bits per heavy atom. The topological polar surface area (TPSA) is 101 Å². The van der Waals surface area contributed by atoms with E-state index in [0.29, 0.717) is 43.5 Å². The third-order valence-corrected chi connectivity index (χ3v) is 3.53. The van der Waals surface area contributed by atoms with Crippen LogP contribution >= 0.6 is 0 Å². The second-order valence-corrected chi connectivity index (χ2v) is 5.18. The highest BCUT2D eigenvalue weighted by molar-refractivity contribution is 5.66. The Morgan fingerprint density at radius 3 is 2.96 bits per heavy atom. The van der Waals surface area contributed by atoms with Crippen LogP contribution in [-0.4, -0.2) is 50.7 Å². The molecule has 120 valence electrons. The number of aryl methyl sites for hydroxylation is 1. The van der Waals surface area contributed by atoms with Gasteiger partial charge in [-0.1, -0.05) is 0 Å². The number of carboxylic acid groups (broad SMARTS) is 1. The van der Waals surface area contributed by atoms with Crippen LogP contribution in [0.5, 0.6) is 0 Å². The van der Waals surface area contributed by atoms with Crippen molar-refractivity contribution < 1.29 is 14.6 Å². The maximum absolute atomic E-state index is 10.7. The Bertz CT molecular complexity index is 667. The predicted octanol–water partition coefficient (Wildman–Crippen LogP) is 0.862. The van der Waals surface area contributed by atoms with Crippen LogP contribution < -0.4 is 4.90 Å². The van der Waals surface area contributed by atoms with Gasteiger partial charge in [0.05, 0.1) is 37.2 Å². The van der Waals surface area contributed by atoms with Crippen LogP contribution in [0.4, 0.5) is 5.95 Å². The summed E-state index contributed by atoms with van der Waals surface area (Å²) in [5.74, 6) is -0.186. The lowest BCUT2D eigenvalue weighted by Gasteiger charge is -2.32. The van der Waals surface area contributed by atoms with Gasteiger partial charge in [-0.2, -0.15) is 0 Å². The van der Waals surface area contributed by atoms with Gasteiger partial charge in [0.1, 0.15) is 6.10 Å². The molecule has 8 nitrogen and oxygen atoms in total. The first-order chi connectivity index (χ1) is 11.2. The standard InChI is InChI=1S/C15H17N5O3/c21-14(22)3-2-11-8-16-9-12(19-11)13-10-20(6-7-23-13)15-17-4-1-5-18-15/h1,4-5,8-9,13H,2-3,6-7,10H2,(H,21,22)/t13-/m0/s1. The molecule has 0 aliphatic carbocycles. The van der Waals surface area contributed by atoms with Gasteiger partial charge in [0, 0.05) is 31.6 Å². The Labute approximate surface area is 133 Å². The van der Waals surface area contributed by atoms with Gasteiger partial charge < -0.3 is 14.7 Å². The zero-order chi connectivity index (χ0) is 16.1. The quantitative estimate of drug-likeness (QED) is 0.867. The van der Waals surface area contributed by atoms with E-state index in [2.05, 4.69) is 19.9 Å². The van der Waals surface area contributed by atoms with Gasteiger partial charge in [-0.25, -0.2) is 9.97 Å². The van der Waals surface area contributed by atoms with Gasteiger partial charge >= 0.3 is 5.97 Å². The molecular formula is C15H17N5O3. The molecule has 0 aromatic carbocycles. The first-order valence-electron chi connectivity index (χ1n) is 7.38. The zero-order valence-electron chi connectivity index (χ0n) is 12.5. The number of rotatable bonds is 5.